The molecule has 1 saturated carbocycles. The highest BCUT2D eigenvalue weighted by Crippen LogP contribution is 2.38. The number of benzene rings is 1. The molecule has 2 nitrogen and oxygen atoms in total. The number of phenols is 1. The molecule has 0 amide bonds. The molecule has 1 aromatic rings. The molecule has 1 aliphatic carbocycles. The summed E-state index contributed by atoms with van der Waals surface area (Å²) in [5.74, 6) is 2.62. The molecule has 22 heavy (non-hydrogen) atoms. The van der Waals surface area contributed by atoms with E-state index >= 15 is 0 Å². The standard InChI is InChI=1S/C18H27Br2NO/c1-11(2)15-6-5-12(3)7-17(15)21(4)10-13-8-14(19)9-16(20)18(13)22/h8-9,11-12,15,17,22H,5-7,10H2,1-4H3. The maximum Gasteiger partial charge on any atom is 0.134 e. The Balaban J connectivity index is 2.17. The molecule has 1 aliphatic rings. The molecule has 0 aromatic heterocycles. The Bertz CT molecular complexity index is 518. The molecule has 1 fully saturated rings. The molecule has 4 heteroatoms. The first kappa shape index (κ1) is 18.3. The Labute approximate surface area is 151 Å². The van der Waals surface area contributed by atoms with Gasteiger partial charge in [0.05, 0.1) is 4.47 Å². The van der Waals surface area contributed by atoms with Gasteiger partial charge in [-0.05, 0) is 65.7 Å². The van der Waals surface area contributed by atoms with Gasteiger partial charge in [0.2, 0.25) is 0 Å². The highest BCUT2D eigenvalue weighted by atomic mass is 79.9. The molecule has 0 bridgehead atoms. The fraction of sp³-hybridized carbons (Fsp3) is 0.667. The van der Waals surface area contributed by atoms with Crippen molar-refractivity contribution in [3.63, 3.8) is 0 Å². The van der Waals surface area contributed by atoms with Crippen molar-refractivity contribution in [3.05, 3.63) is 26.6 Å². The van der Waals surface area contributed by atoms with Crippen LogP contribution in [0, 0.1) is 17.8 Å². The van der Waals surface area contributed by atoms with Crippen LogP contribution in [0.2, 0.25) is 0 Å². The van der Waals surface area contributed by atoms with Crippen molar-refractivity contribution in [3.8, 4) is 5.75 Å². The van der Waals surface area contributed by atoms with Crippen molar-refractivity contribution in [1.29, 1.82) is 0 Å². The lowest BCUT2D eigenvalue weighted by molar-refractivity contribution is 0.0726. The van der Waals surface area contributed by atoms with Gasteiger partial charge in [-0.25, -0.2) is 0 Å². The van der Waals surface area contributed by atoms with Crippen molar-refractivity contribution in [2.75, 3.05) is 7.05 Å². The van der Waals surface area contributed by atoms with Crippen LogP contribution in [-0.4, -0.2) is 23.1 Å². The van der Waals surface area contributed by atoms with Crippen molar-refractivity contribution < 1.29 is 5.11 Å². The smallest absolute Gasteiger partial charge is 0.134 e. The summed E-state index contributed by atoms with van der Waals surface area (Å²) in [6.07, 6.45) is 3.93. The predicted molar refractivity (Wildman–Crippen MR) is 100 cm³/mol. The van der Waals surface area contributed by atoms with Gasteiger partial charge < -0.3 is 5.11 Å². The summed E-state index contributed by atoms with van der Waals surface area (Å²) in [5.41, 5.74) is 0.976. The van der Waals surface area contributed by atoms with Crippen molar-refractivity contribution in [2.24, 2.45) is 17.8 Å². The molecule has 1 N–H and O–H groups in total. The topological polar surface area (TPSA) is 23.5 Å². The van der Waals surface area contributed by atoms with Crippen LogP contribution in [-0.2, 0) is 6.54 Å². The number of hydrogen-bond acceptors (Lipinski definition) is 2. The molecule has 0 saturated heterocycles. The third-order valence-corrected chi connectivity index (χ3v) is 6.14. The van der Waals surface area contributed by atoms with Gasteiger partial charge in [-0.2, -0.15) is 0 Å². The van der Waals surface area contributed by atoms with Crippen molar-refractivity contribution in [2.45, 2.75) is 52.6 Å². The van der Waals surface area contributed by atoms with E-state index in [1.807, 2.05) is 12.1 Å². The van der Waals surface area contributed by atoms with Crippen LogP contribution in [0.3, 0.4) is 0 Å². The fourth-order valence-electron chi connectivity index (χ4n) is 3.78. The van der Waals surface area contributed by atoms with Crippen LogP contribution in [0.5, 0.6) is 5.75 Å². The number of nitrogens with zero attached hydrogens (tertiary/aromatic N) is 1. The van der Waals surface area contributed by atoms with E-state index in [4.69, 9.17) is 0 Å². The first-order valence-corrected chi connectivity index (χ1v) is 9.75. The Hall–Kier alpha value is -0.0600. The second-order valence-electron chi connectivity index (χ2n) is 7.20. The van der Waals surface area contributed by atoms with E-state index in [2.05, 4.69) is 64.6 Å². The van der Waals surface area contributed by atoms with Gasteiger partial charge in [0.15, 0.2) is 0 Å². The average Bonchev–Trinajstić information content (AvgIpc) is 2.43. The average molecular weight is 433 g/mol. The summed E-state index contributed by atoms with van der Waals surface area (Å²) < 4.78 is 1.75. The predicted octanol–water partition coefficient (Wildman–Crippen LogP) is 5.81. The minimum Gasteiger partial charge on any atom is -0.506 e. The van der Waals surface area contributed by atoms with Crippen molar-refractivity contribution >= 4 is 31.9 Å². The molecule has 0 heterocycles. The summed E-state index contributed by atoms with van der Waals surface area (Å²) in [6, 6.07) is 4.51. The third-order valence-electron chi connectivity index (χ3n) is 5.08. The number of hydrogen-bond donors (Lipinski definition) is 1. The van der Waals surface area contributed by atoms with E-state index in [1.54, 1.807) is 0 Å². The highest BCUT2D eigenvalue weighted by Gasteiger charge is 2.33. The molecule has 2 rings (SSSR count). The van der Waals surface area contributed by atoms with Gasteiger partial charge in [-0.15, -0.1) is 0 Å². The van der Waals surface area contributed by atoms with Crippen LogP contribution in [0.25, 0.3) is 0 Å². The Morgan fingerprint density at radius 2 is 1.95 bits per heavy atom. The molecule has 0 aliphatic heterocycles. The summed E-state index contributed by atoms with van der Waals surface area (Å²) in [5, 5.41) is 10.3. The van der Waals surface area contributed by atoms with Crippen LogP contribution < -0.4 is 0 Å². The summed E-state index contributed by atoms with van der Waals surface area (Å²) in [4.78, 5) is 2.44. The quantitative estimate of drug-likeness (QED) is 0.648. The van der Waals surface area contributed by atoms with E-state index < -0.39 is 0 Å². The van der Waals surface area contributed by atoms with Crippen LogP contribution >= 0.6 is 31.9 Å². The van der Waals surface area contributed by atoms with Gasteiger partial charge in [-0.3, -0.25) is 4.90 Å². The molecular weight excluding hydrogens is 406 g/mol. The van der Waals surface area contributed by atoms with E-state index in [9.17, 15) is 5.11 Å². The largest absolute Gasteiger partial charge is 0.506 e. The second kappa shape index (κ2) is 7.67. The lowest BCUT2D eigenvalue weighted by atomic mass is 9.73. The normalized spacial score (nSPS) is 25.9. The van der Waals surface area contributed by atoms with Gasteiger partial charge in [-0.1, -0.05) is 43.1 Å². The van der Waals surface area contributed by atoms with Crippen molar-refractivity contribution in [1.82, 2.24) is 4.90 Å². The van der Waals surface area contributed by atoms with E-state index in [0.717, 1.165) is 32.9 Å². The number of aromatic hydroxyl groups is 1. The van der Waals surface area contributed by atoms with Gasteiger partial charge in [0.1, 0.15) is 5.75 Å². The fourth-order valence-corrected chi connectivity index (χ4v) is 5.10. The molecule has 0 radical (unpaired) electrons. The van der Waals surface area contributed by atoms with Crippen LogP contribution in [0.1, 0.15) is 45.6 Å². The lowest BCUT2D eigenvalue weighted by Crippen LogP contribution is -2.43. The van der Waals surface area contributed by atoms with Gasteiger partial charge in [0, 0.05) is 22.6 Å². The summed E-state index contributed by atoms with van der Waals surface area (Å²) >= 11 is 6.95. The van der Waals surface area contributed by atoms with E-state index in [1.165, 1.54) is 19.3 Å². The number of phenolic OH excluding ortho intramolecular Hbond substituents is 1. The maximum absolute atomic E-state index is 10.3. The van der Waals surface area contributed by atoms with E-state index in [-0.39, 0.29) is 0 Å². The zero-order valence-electron chi connectivity index (χ0n) is 13.9. The molecule has 124 valence electrons. The first-order valence-electron chi connectivity index (χ1n) is 8.16. The zero-order valence-corrected chi connectivity index (χ0v) is 17.1. The van der Waals surface area contributed by atoms with Crippen LogP contribution in [0.4, 0.5) is 0 Å². The van der Waals surface area contributed by atoms with E-state index in [0.29, 0.717) is 17.7 Å². The molecule has 3 atom stereocenters. The van der Waals surface area contributed by atoms with Gasteiger partial charge >= 0.3 is 0 Å². The van der Waals surface area contributed by atoms with Gasteiger partial charge in [0.25, 0.3) is 0 Å². The molecule has 0 spiro atoms. The second-order valence-corrected chi connectivity index (χ2v) is 8.97. The first-order chi connectivity index (χ1) is 10.3. The lowest BCUT2D eigenvalue weighted by Gasteiger charge is -2.42. The third kappa shape index (κ3) is 4.27. The molecule has 1 aromatic carbocycles. The van der Waals surface area contributed by atoms with Crippen LogP contribution in [0.15, 0.2) is 21.1 Å². The summed E-state index contributed by atoms with van der Waals surface area (Å²) in [6.45, 7) is 7.83. The summed E-state index contributed by atoms with van der Waals surface area (Å²) in [7, 11) is 2.20. The SMILES string of the molecule is CC1CCC(C(C)C)C(N(C)Cc2cc(Br)cc(Br)c2O)C1. The Kier molecular flexibility index (Phi) is 6.38. The minimum absolute atomic E-state index is 0.361. The number of halogens is 2. The monoisotopic (exact) mass is 431 g/mol. The molecular formula is C18H27Br2NO. The zero-order chi connectivity index (χ0) is 16.4. The minimum atomic E-state index is 0.361. The maximum atomic E-state index is 10.3. The molecule has 3 unspecified atom stereocenters. The highest BCUT2D eigenvalue weighted by molar-refractivity contribution is 9.11. The number of rotatable bonds is 4. The Morgan fingerprint density at radius 3 is 2.59 bits per heavy atom. The Morgan fingerprint density at radius 1 is 1.27 bits per heavy atom.